The molecule has 1 atom stereocenters. The van der Waals surface area contributed by atoms with E-state index in [9.17, 15) is 4.79 Å². The predicted molar refractivity (Wildman–Crippen MR) is 66.7 cm³/mol. The Kier molecular flexibility index (Phi) is 3.87. The summed E-state index contributed by atoms with van der Waals surface area (Å²) < 4.78 is 11.0. The number of hydrogen-bond donors (Lipinski definition) is 0. The number of rotatable bonds is 3. The number of carbonyl (C=O) groups is 1. The molecule has 4 nitrogen and oxygen atoms in total. The van der Waals surface area contributed by atoms with E-state index in [2.05, 4.69) is 6.58 Å². The first-order valence-electron chi connectivity index (χ1n) is 5.96. The van der Waals surface area contributed by atoms with Gasteiger partial charge < -0.3 is 9.47 Å². The van der Waals surface area contributed by atoms with Crippen molar-refractivity contribution in [3.63, 3.8) is 0 Å². The molecule has 0 unspecified atom stereocenters. The van der Waals surface area contributed by atoms with Gasteiger partial charge in [-0.1, -0.05) is 6.08 Å². The van der Waals surface area contributed by atoms with Crippen LogP contribution in [-0.2, 0) is 9.47 Å². The molecule has 1 fully saturated rings. The van der Waals surface area contributed by atoms with Gasteiger partial charge in [0.15, 0.2) is 0 Å². The lowest BCUT2D eigenvalue weighted by Crippen LogP contribution is -2.53. The second kappa shape index (κ2) is 4.69. The lowest BCUT2D eigenvalue weighted by atomic mass is 10.0. The highest BCUT2D eigenvalue weighted by Crippen LogP contribution is 2.35. The fourth-order valence-corrected chi connectivity index (χ4v) is 2.19. The van der Waals surface area contributed by atoms with Crippen molar-refractivity contribution in [2.24, 2.45) is 0 Å². The number of ether oxygens (including phenoxy) is 2. The summed E-state index contributed by atoms with van der Waals surface area (Å²) >= 11 is 0. The van der Waals surface area contributed by atoms with Gasteiger partial charge in [-0.05, 0) is 34.6 Å². The van der Waals surface area contributed by atoms with Crippen LogP contribution in [0.2, 0.25) is 0 Å². The smallest absolute Gasteiger partial charge is 0.412 e. The molecule has 0 spiro atoms. The molecule has 0 aromatic rings. The summed E-state index contributed by atoms with van der Waals surface area (Å²) in [7, 11) is 0. The maximum atomic E-state index is 12.2. The van der Waals surface area contributed by atoms with Crippen molar-refractivity contribution in [3.8, 4) is 0 Å². The van der Waals surface area contributed by atoms with Gasteiger partial charge in [-0.3, -0.25) is 4.90 Å². The van der Waals surface area contributed by atoms with E-state index < -0.39 is 5.72 Å². The van der Waals surface area contributed by atoms with Gasteiger partial charge in [-0.2, -0.15) is 0 Å². The summed E-state index contributed by atoms with van der Waals surface area (Å²) in [5, 5.41) is 0. The second-order valence-electron chi connectivity index (χ2n) is 5.60. The summed E-state index contributed by atoms with van der Waals surface area (Å²) in [5.74, 6) is 0. The molecule has 17 heavy (non-hydrogen) atoms. The van der Waals surface area contributed by atoms with Crippen molar-refractivity contribution in [3.05, 3.63) is 12.7 Å². The van der Waals surface area contributed by atoms with Crippen molar-refractivity contribution in [2.75, 3.05) is 6.61 Å². The normalized spacial score (nSPS) is 23.2. The summed E-state index contributed by atoms with van der Waals surface area (Å²) in [6.07, 6.45) is 1.91. The lowest BCUT2D eigenvalue weighted by Gasteiger charge is -2.37. The molecule has 1 aliphatic rings. The van der Waals surface area contributed by atoms with Crippen LogP contribution in [0.5, 0.6) is 0 Å². The standard InChI is InChI=1S/C13H23NO3/c1-7-8-10(2)17-11(15)14-12(3,4)9-16-13(14,5)6/h7,10H,1,8-9H2,2-6H3/t10-/m1/s1. The number of carbonyl (C=O) groups excluding carboxylic acids is 1. The molecule has 4 heteroatoms. The maximum absolute atomic E-state index is 12.2. The molecule has 0 radical (unpaired) electrons. The Morgan fingerprint density at radius 1 is 1.53 bits per heavy atom. The first kappa shape index (κ1) is 14.0. The third-order valence-electron chi connectivity index (χ3n) is 2.91. The molecule has 0 bridgehead atoms. The van der Waals surface area contributed by atoms with Crippen molar-refractivity contribution < 1.29 is 14.3 Å². The highest BCUT2D eigenvalue weighted by Gasteiger charge is 2.49. The van der Waals surface area contributed by atoms with Crippen LogP contribution in [0.3, 0.4) is 0 Å². The quantitative estimate of drug-likeness (QED) is 0.713. The highest BCUT2D eigenvalue weighted by molar-refractivity contribution is 5.70. The average Bonchev–Trinajstić information content (AvgIpc) is 2.35. The Morgan fingerprint density at radius 3 is 2.53 bits per heavy atom. The zero-order chi connectivity index (χ0) is 13.3. The van der Waals surface area contributed by atoms with E-state index in [1.54, 1.807) is 11.0 Å². The van der Waals surface area contributed by atoms with Crippen LogP contribution in [0.25, 0.3) is 0 Å². The molecule has 0 aliphatic carbocycles. The third-order valence-corrected chi connectivity index (χ3v) is 2.91. The van der Waals surface area contributed by atoms with Gasteiger partial charge in [0.1, 0.15) is 11.8 Å². The fraction of sp³-hybridized carbons (Fsp3) is 0.769. The summed E-state index contributed by atoms with van der Waals surface area (Å²) in [4.78, 5) is 13.8. The van der Waals surface area contributed by atoms with Crippen LogP contribution in [-0.4, -0.2) is 35.0 Å². The van der Waals surface area contributed by atoms with Crippen LogP contribution >= 0.6 is 0 Å². The van der Waals surface area contributed by atoms with Crippen molar-refractivity contribution in [2.45, 2.75) is 58.4 Å². The monoisotopic (exact) mass is 241 g/mol. The fourth-order valence-electron chi connectivity index (χ4n) is 2.19. The van der Waals surface area contributed by atoms with E-state index in [1.807, 2.05) is 34.6 Å². The topological polar surface area (TPSA) is 38.8 Å². The van der Waals surface area contributed by atoms with Crippen LogP contribution in [0, 0.1) is 0 Å². The van der Waals surface area contributed by atoms with Crippen LogP contribution in [0.1, 0.15) is 41.0 Å². The van der Waals surface area contributed by atoms with Gasteiger partial charge in [0.25, 0.3) is 0 Å². The number of hydrogen-bond acceptors (Lipinski definition) is 3. The summed E-state index contributed by atoms with van der Waals surface area (Å²) in [6, 6.07) is 0. The van der Waals surface area contributed by atoms with Crippen molar-refractivity contribution in [1.29, 1.82) is 0 Å². The number of amides is 1. The van der Waals surface area contributed by atoms with Gasteiger partial charge in [0.05, 0.1) is 12.1 Å². The third kappa shape index (κ3) is 3.00. The Balaban J connectivity index is 2.76. The van der Waals surface area contributed by atoms with E-state index in [0.29, 0.717) is 13.0 Å². The Labute approximate surface area is 104 Å². The van der Waals surface area contributed by atoms with Gasteiger partial charge in [0.2, 0.25) is 0 Å². The van der Waals surface area contributed by atoms with Crippen LogP contribution < -0.4 is 0 Å². The summed E-state index contributed by atoms with van der Waals surface area (Å²) in [6.45, 7) is 13.7. The Morgan fingerprint density at radius 2 is 2.12 bits per heavy atom. The van der Waals surface area contributed by atoms with Gasteiger partial charge in [0, 0.05) is 6.42 Å². The zero-order valence-corrected chi connectivity index (χ0v) is 11.4. The lowest BCUT2D eigenvalue weighted by molar-refractivity contribution is -0.0569. The zero-order valence-electron chi connectivity index (χ0n) is 11.4. The molecule has 98 valence electrons. The first-order chi connectivity index (χ1) is 7.70. The SMILES string of the molecule is C=CC[C@@H](C)OC(=O)N1C(C)(C)COC1(C)C. The molecule has 1 aliphatic heterocycles. The van der Waals surface area contributed by atoms with E-state index in [4.69, 9.17) is 9.47 Å². The molecule has 1 amide bonds. The molecule has 0 N–H and O–H groups in total. The largest absolute Gasteiger partial charge is 0.446 e. The molecule has 1 rings (SSSR count). The highest BCUT2D eigenvalue weighted by atomic mass is 16.6. The molecule has 0 aromatic carbocycles. The van der Waals surface area contributed by atoms with E-state index in [0.717, 1.165) is 0 Å². The average molecular weight is 241 g/mol. The number of nitrogens with zero attached hydrogens (tertiary/aromatic N) is 1. The maximum Gasteiger partial charge on any atom is 0.412 e. The first-order valence-corrected chi connectivity index (χ1v) is 5.96. The van der Waals surface area contributed by atoms with Gasteiger partial charge >= 0.3 is 6.09 Å². The van der Waals surface area contributed by atoms with Crippen molar-refractivity contribution in [1.82, 2.24) is 4.90 Å². The molecular weight excluding hydrogens is 218 g/mol. The minimum atomic E-state index is -0.617. The summed E-state index contributed by atoms with van der Waals surface area (Å²) in [5.41, 5.74) is -0.955. The molecule has 0 saturated carbocycles. The minimum Gasteiger partial charge on any atom is -0.446 e. The molecular formula is C13H23NO3. The van der Waals surface area contributed by atoms with E-state index >= 15 is 0 Å². The van der Waals surface area contributed by atoms with Crippen LogP contribution in [0.15, 0.2) is 12.7 Å². The van der Waals surface area contributed by atoms with Crippen molar-refractivity contribution >= 4 is 6.09 Å². The second-order valence-corrected chi connectivity index (χ2v) is 5.60. The Hall–Kier alpha value is -1.03. The predicted octanol–water partition coefficient (Wildman–Crippen LogP) is 2.93. The molecule has 0 aromatic heterocycles. The van der Waals surface area contributed by atoms with Crippen LogP contribution in [0.4, 0.5) is 4.79 Å². The van der Waals surface area contributed by atoms with Gasteiger partial charge in [-0.25, -0.2) is 4.79 Å². The molecule has 1 saturated heterocycles. The molecule has 1 heterocycles. The van der Waals surface area contributed by atoms with E-state index in [1.165, 1.54) is 0 Å². The minimum absolute atomic E-state index is 0.160. The van der Waals surface area contributed by atoms with Gasteiger partial charge in [-0.15, -0.1) is 6.58 Å². The van der Waals surface area contributed by atoms with E-state index in [-0.39, 0.29) is 17.7 Å². The Bertz CT molecular complexity index is 294.